The Balaban J connectivity index is 1.57. The van der Waals surface area contributed by atoms with Crippen LogP contribution in [0.5, 0.6) is 0 Å². The highest BCUT2D eigenvalue weighted by molar-refractivity contribution is 7.89. The second-order valence-corrected chi connectivity index (χ2v) is 9.90. The molecule has 1 heterocycles. The van der Waals surface area contributed by atoms with Gasteiger partial charge in [-0.15, -0.1) is 0 Å². The Hall–Kier alpha value is -2.71. The highest BCUT2D eigenvalue weighted by Crippen LogP contribution is 2.21. The standard InChI is InChI=1S/C24H31N3O4S/c1-2-16-25-24(29)21-8-4-5-9-22(21)26-23(28)15-12-19-10-13-20(14-11-19)32(30,31)27-17-6-3-7-18-27/h4-5,8-11,13-14H,2-3,6-7,12,15-18H2,1H3,(H,25,29)(H,26,28). The van der Waals surface area contributed by atoms with Crippen molar-refractivity contribution < 1.29 is 18.0 Å². The van der Waals surface area contributed by atoms with Gasteiger partial charge in [0.25, 0.3) is 5.91 Å². The third-order valence-electron chi connectivity index (χ3n) is 5.50. The lowest BCUT2D eigenvalue weighted by Gasteiger charge is -2.25. The first-order chi connectivity index (χ1) is 15.4. The van der Waals surface area contributed by atoms with Crippen LogP contribution in [0.25, 0.3) is 0 Å². The van der Waals surface area contributed by atoms with Crippen LogP contribution in [-0.4, -0.2) is 44.2 Å². The summed E-state index contributed by atoms with van der Waals surface area (Å²) in [7, 11) is -3.45. The van der Waals surface area contributed by atoms with Crippen molar-refractivity contribution >= 4 is 27.5 Å². The molecule has 1 fully saturated rings. The molecule has 1 aliphatic rings. The molecule has 2 N–H and O–H groups in total. The number of nitrogens with one attached hydrogen (secondary N) is 2. The van der Waals surface area contributed by atoms with Crippen LogP contribution in [0.2, 0.25) is 0 Å². The highest BCUT2D eigenvalue weighted by atomic mass is 32.2. The van der Waals surface area contributed by atoms with Gasteiger partial charge in [-0.05, 0) is 55.5 Å². The van der Waals surface area contributed by atoms with Crippen molar-refractivity contribution in [3.8, 4) is 0 Å². The summed E-state index contributed by atoms with van der Waals surface area (Å²) in [5.41, 5.74) is 1.79. The molecule has 2 aromatic carbocycles. The van der Waals surface area contributed by atoms with E-state index < -0.39 is 10.0 Å². The van der Waals surface area contributed by atoms with Gasteiger partial charge in [0.1, 0.15) is 0 Å². The van der Waals surface area contributed by atoms with Crippen molar-refractivity contribution in [1.29, 1.82) is 0 Å². The number of benzene rings is 2. The van der Waals surface area contributed by atoms with Crippen molar-refractivity contribution in [2.75, 3.05) is 25.0 Å². The third-order valence-corrected chi connectivity index (χ3v) is 7.41. The van der Waals surface area contributed by atoms with Gasteiger partial charge in [0, 0.05) is 26.1 Å². The second kappa shape index (κ2) is 11.2. The number of hydrogen-bond donors (Lipinski definition) is 2. The zero-order valence-corrected chi connectivity index (χ0v) is 19.3. The number of sulfonamides is 1. The van der Waals surface area contributed by atoms with Gasteiger partial charge in [-0.25, -0.2) is 8.42 Å². The zero-order valence-electron chi connectivity index (χ0n) is 18.5. The predicted molar refractivity (Wildman–Crippen MR) is 125 cm³/mol. The quantitative estimate of drug-likeness (QED) is 0.602. The van der Waals surface area contributed by atoms with E-state index in [9.17, 15) is 18.0 Å². The molecule has 172 valence electrons. The highest BCUT2D eigenvalue weighted by Gasteiger charge is 2.25. The van der Waals surface area contributed by atoms with Gasteiger partial charge in [-0.2, -0.15) is 4.31 Å². The van der Waals surface area contributed by atoms with Gasteiger partial charge in [-0.3, -0.25) is 9.59 Å². The molecule has 8 heteroatoms. The van der Waals surface area contributed by atoms with Gasteiger partial charge >= 0.3 is 0 Å². The van der Waals surface area contributed by atoms with Crippen molar-refractivity contribution in [3.05, 3.63) is 59.7 Å². The summed E-state index contributed by atoms with van der Waals surface area (Å²) >= 11 is 0. The number of para-hydroxylation sites is 1. The van der Waals surface area contributed by atoms with Crippen molar-refractivity contribution in [2.45, 2.75) is 50.3 Å². The van der Waals surface area contributed by atoms with Crippen LogP contribution in [0.15, 0.2) is 53.4 Å². The predicted octanol–water partition coefficient (Wildman–Crippen LogP) is 3.57. The summed E-state index contributed by atoms with van der Waals surface area (Å²) in [4.78, 5) is 25.1. The van der Waals surface area contributed by atoms with Gasteiger partial charge in [0.05, 0.1) is 16.1 Å². The number of carbonyl (C=O) groups is 2. The maximum atomic E-state index is 12.7. The smallest absolute Gasteiger partial charge is 0.253 e. The Morgan fingerprint density at radius 2 is 1.66 bits per heavy atom. The average molecular weight is 458 g/mol. The van der Waals surface area contributed by atoms with E-state index >= 15 is 0 Å². The molecule has 0 spiro atoms. The van der Waals surface area contributed by atoms with E-state index in [1.165, 1.54) is 0 Å². The van der Waals surface area contributed by atoms with Crippen molar-refractivity contribution in [3.63, 3.8) is 0 Å². The zero-order chi connectivity index (χ0) is 23.0. The average Bonchev–Trinajstić information content (AvgIpc) is 2.82. The molecule has 1 saturated heterocycles. The molecule has 0 atom stereocenters. The molecule has 1 aliphatic heterocycles. The first kappa shape index (κ1) is 23.9. The Bertz CT molecular complexity index is 1030. The molecule has 0 unspecified atom stereocenters. The lowest BCUT2D eigenvalue weighted by molar-refractivity contribution is -0.116. The maximum absolute atomic E-state index is 12.7. The molecule has 0 aromatic heterocycles. The van der Waals surface area contributed by atoms with E-state index in [0.29, 0.717) is 42.2 Å². The Morgan fingerprint density at radius 1 is 0.969 bits per heavy atom. The molecular formula is C24H31N3O4S. The molecule has 2 aromatic rings. The Kier molecular flexibility index (Phi) is 8.41. The van der Waals surface area contributed by atoms with E-state index in [2.05, 4.69) is 10.6 Å². The van der Waals surface area contributed by atoms with Crippen LogP contribution in [0.1, 0.15) is 54.9 Å². The molecule has 0 saturated carbocycles. The topological polar surface area (TPSA) is 95.6 Å². The number of carbonyl (C=O) groups excluding carboxylic acids is 2. The Labute approximate surface area is 190 Å². The minimum Gasteiger partial charge on any atom is -0.352 e. The number of anilines is 1. The van der Waals surface area contributed by atoms with E-state index in [-0.39, 0.29) is 18.2 Å². The normalized spacial score (nSPS) is 14.7. The molecule has 0 bridgehead atoms. The summed E-state index contributed by atoms with van der Waals surface area (Å²) in [6.45, 7) is 3.69. The van der Waals surface area contributed by atoms with E-state index in [0.717, 1.165) is 31.2 Å². The van der Waals surface area contributed by atoms with Crippen LogP contribution in [0.3, 0.4) is 0 Å². The molecule has 2 amide bonds. The van der Waals surface area contributed by atoms with Gasteiger partial charge in [-0.1, -0.05) is 37.6 Å². The first-order valence-electron chi connectivity index (χ1n) is 11.2. The van der Waals surface area contributed by atoms with Crippen LogP contribution >= 0.6 is 0 Å². The summed E-state index contributed by atoms with van der Waals surface area (Å²) in [5, 5.41) is 5.63. The van der Waals surface area contributed by atoms with Crippen molar-refractivity contribution in [1.82, 2.24) is 9.62 Å². The van der Waals surface area contributed by atoms with Gasteiger partial charge < -0.3 is 10.6 Å². The Morgan fingerprint density at radius 3 is 2.34 bits per heavy atom. The lowest BCUT2D eigenvalue weighted by Crippen LogP contribution is -2.35. The lowest BCUT2D eigenvalue weighted by atomic mass is 10.1. The van der Waals surface area contributed by atoms with Gasteiger partial charge in [0.15, 0.2) is 0 Å². The van der Waals surface area contributed by atoms with Crippen LogP contribution in [0.4, 0.5) is 5.69 Å². The molecule has 32 heavy (non-hydrogen) atoms. The van der Waals surface area contributed by atoms with Gasteiger partial charge in [0.2, 0.25) is 15.9 Å². The maximum Gasteiger partial charge on any atom is 0.253 e. The number of nitrogens with zero attached hydrogens (tertiary/aromatic N) is 1. The summed E-state index contributed by atoms with van der Waals surface area (Å²) in [6, 6.07) is 13.7. The van der Waals surface area contributed by atoms with E-state index in [4.69, 9.17) is 0 Å². The fraction of sp³-hybridized carbons (Fsp3) is 0.417. The fourth-order valence-corrected chi connectivity index (χ4v) is 5.19. The summed E-state index contributed by atoms with van der Waals surface area (Å²) in [6.07, 6.45) is 4.40. The number of amides is 2. The summed E-state index contributed by atoms with van der Waals surface area (Å²) in [5.74, 6) is -0.418. The fourth-order valence-electron chi connectivity index (χ4n) is 3.68. The molecular weight excluding hydrogens is 426 g/mol. The van der Waals surface area contributed by atoms with E-state index in [1.807, 2.05) is 6.92 Å². The minimum atomic E-state index is -3.45. The number of hydrogen-bond acceptors (Lipinski definition) is 4. The van der Waals surface area contributed by atoms with Crippen molar-refractivity contribution in [2.24, 2.45) is 0 Å². The first-order valence-corrected chi connectivity index (χ1v) is 12.6. The third kappa shape index (κ3) is 6.17. The van der Waals surface area contributed by atoms with Crippen LogP contribution in [-0.2, 0) is 21.2 Å². The molecule has 7 nitrogen and oxygen atoms in total. The van der Waals surface area contributed by atoms with E-state index in [1.54, 1.807) is 52.8 Å². The molecule has 0 radical (unpaired) electrons. The minimum absolute atomic E-state index is 0.203. The number of aryl methyl sites for hydroxylation is 1. The van der Waals surface area contributed by atoms with Crippen LogP contribution in [0, 0.1) is 0 Å². The molecule has 3 rings (SSSR count). The number of piperidine rings is 1. The number of rotatable bonds is 9. The SMILES string of the molecule is CCCNC(=O)c1ccccc1NC(=O)CCc1ccc(S(=O)(=O)N2CCCCC2)cc1. The summed E-state index contributed by atoms with van der Waals surface area (Å²) < 4.78 is 27.0. The second-order valence-electron chi connectivity index (χ2n) is 7.96. The largest absolute Gasteiger partial charge is 0.352 e. The monoisotopic (exact) mass is 457 g/mol. The molecule has 0 aliphatic carbocycles. The van der Waals surface area contributed by atoms with Crippen LogP contribution < -0.4 is 10.6 Å².